The number of carbonyl (C=O) groups is 1. The number of esters is 1. The number of aryl methyl sites for hydroxylation is 1. The van der Waals surface area contributed by atoms with Crippen molar-refractivity contribution in [3.05, 3.63) is 23.3 Å². The predicted molar refractivity (Wildman–Crippen MR) is 57.6 cm³/mol. The molecule has 2 aromatic rings. The maximum Gasteiger partial charge on any atom is 0.341 e. The maximum absolute atomic E-state index is 11.5. The Labute approximate surface area is 97.4 Å². The highest BCUT2D eigenvalue weighted by molar-refractivity contribution is 5.90. The van der Waals surface area contributed by atoms with Crippen molar-refractivity contribution >= 4 is 11.7 Å². The molecule has 0 aromatic carbocycles. The van der Waals surface area contributed by atoms with Gasteiger partial charge in [0, 0.05) is 13.3 Å². The lowest BCUT2D eigenvalue weighted by atomic mass is 10.2. The van der Waals surface area contributed by atoms with E-state index in [1.165, 1.54) is 11.6 Å². The lowest BCUT2D eigenvalue weighted by Gasteiger charge is -2.02. The van der Waals surface area contributed by atoms with Crippen LogP contribution in [-0.4, -0.2) is 39.8 Å². The number of hydrogen-bond acceptors (Lipinski definition) is 6. The highest BCUT2D eigenvalue weighted by Gasteiger charge is 2.14. The Morgan fingerprint density at radius 2 is 2.18 bits per heavy atom. The fourth-order valence-electron chi connectivity index (χ4n) is 1.45. The van der Waals surface area contributed by atoms with E-state index in [1.54, 1.807) is 20.2 Å². The van der Waals surface area contributed by atoms with E-state index in [4.69, 9.17) is 4.74 Å². The quantitative estimate of drug-likeness (QED) is 0.716. The van der Waals surface area contributed by atoms with Crippen LogP contribution in [0.25, 0.3) is 5.78 Å². The lowest BCUT2D eigenvalue weighted by molar-refractivity contribution is 0.0598. The molecule has 2 rings (SSSR count). The van der Waals surface area contributed by atoms with Crippen molar-refractivity contribution in [3.8, 4) is 0 Å². The largest absolute Gasteiger partial charge is 0.465 e. The first-order chi connectivity index (χ1) is 8.15. The first kappa shape index (κ1) is 11.5. The van der Waals surface area contributed by atoms with Crippen molar-refractivity contribution in [1.29, 1.82) is 0 Å². The van der Waals surface area contributed by atoms with Gasteiger partial charge in [-0.2, -0.15) is 4.98 Å². The van der Waals surface area contributed by atoms with Gasteiger partial charge in [-0.25, -0.2) is 14.3 Å². The van der Waals surface area contributed by atoms with Crippen molar-refractivity contribution < 1.29 is 14.3 Å². The van der Waals surface area contributed by atoms with Crippen LogP contribution in [0, 0.1) is 6.92 Å². The standard InChI is InChI=1S/C10H12N4O3/c1-6-7(9(15)17-3)4-14-10(11-6)12-8(13-14)5-16-2/h4H,5H2,1-3H3. The predicted octanol–water partition coefficient (Wildman–Crippen LogP) is 0.366. The molecule has 7 heteroatoms. The fourth-order valence-corrected chi connectivity index (χ4v) is 1.45. The van der Waals surface area contributed by atoms with Gasteiger partial charge in [-0.1, -0.05) is 0 Å². The minimum absolute atomic E-state index is 0.302. The van der Waals surface area contributed by atoms with Crippen molar-refractivity contribution in [2.24, 2.45) is 0 Å². The second kappa shape index (κ2) is 4.46. The van der Waals surface area contributed by atoms with Crippen LogP contribution in [0.3, 0.4) is 0 Å². The minimum atomic E-state index is -0.444. The Bertz CT molecular complexity index is 564. The third-order valence-electron chi connectivity index (χ3n) is 2.24. The molecule has 90 valence electrons. The van der Waals surface area contributed by atoms with E-state index in [-0.39, 0.29) is 0 Å². The van der Waals surface area contributed by atoms with Crippen LogP contribution in [-0.2, 0) is 16.1 Å². The van der Waals surface area contributed by atoms with Gasteiger partial charge in [-0.3, -0.25) is 0 Å². The Morgan fingerprint density at radius 1 is 1.41 bits per heavy atom. The molecule has 0 amide bonds. The molecule has 0 unspecified atom stereocenters. The van der Waals surface area contributed by atoms with Crippen molar-refractivity contribution in [2.75, 3.05) is 14.2 Å². The molecule has 0 saturated carbocycles. The normalized spacial score (nSPS) is 10.8. The van der Waals surface area contributed by atoms with E-state index in [9.17, 15) is 4.79 Å². The zero-order chi connectivity index (χ0) is 12.4. The van der Waals surface area contributed by atoms with Crippen molar-refractivity contribution in [1.82, 2.24) is 19.6 Å². The molecule has 2 aromatic heterocycles. The Balaban J connectivity index is 2.51. The SMILES string of the molecule is COCc1nc2nc(C)c(C(=O)OC)cn2n1. The van der Waals surface area contributed by atoms with E-state index in [2.05, 4.69) is 19.8 Å². The summed E-state index contributed by atoms with van der Waals surface area (Å²) >= 11 is 0. The number of hydrogen-bond donors (Lipinski definition) is 0. The van der Waals surface area contributed by atoms with Gasteiger partial charge in [-0.15, -0.1) is 5.10 Å². The van der Waals surface area contributed by atoms with Crippen LogP contribution in [0.5, 0.6) is 0 Å². The van der Waals surface area contributed by atoms with Crippen molar-refractivity contribution in [3.63, 3.8) is 0 Å². The zero-order valence-corrected chi connectivity index (χ0v) is 9.80. The van der Waals surface area contributed by atoms with Gasteiger partial charge in [0.05, 0.1) is 18.4 Å². The first-order valence-corrected chi connectivity index (χ1v) is 4.96. The van der Waals surface area contributed by atoms with Gasteiger partial charge in [0.15, 0.2) is 5.82 Å². The summed E-state index contributed by atoms with van der Waals surface area (Å²) in [7, 11) is 2.88. The monoisotopic (exact) mass is 236 g/mol. The second-order valence-electron chi connectivity index (χ2n) is 3.44. The summed E-state index contributed by atoms with van der Waals surface area (Å²) < 4.78 is 11.0. The van der Waals surface area contributed by atoms with Crippen LogP contribution in [0.4, 0.5) is 0 Å². The molecule has 0 aliphatic rings. The van der Waals surface area contributed by atoms with Crippen molar-refractivity contribution in [2.45, 2.75) is 13.5 Å². The first-order valence-electron chi connectivity index (χ1n) is 4.96. The molecule has 0 fully saturated rings. The third-order valence-corrected chi connectivity index (χ3v) is 2.24. The summed E-state index contributed by atoms with van der Waals surface area (Å²) in [5.41, 5.74) is 0.926. The molecule has 0 saturated heterocycles. The van der Waals surface area contributed by atoms with E-state index >= 15 is 0 Å². The fraction of sp³-hybridized carbons (Fsp3) is 0.400. The Hall–Kier alpha value is -2.02. The number of fused-ring (bicyclic) bond motifs is 1. The molecule has 0 N–H and O–H groups in total. The van der Waals surface area contributed by atoms with E-state index in [0.717, 1.165) is 0 Å². The van der Waals surface area contributed by atoms with Crippen LogP contribution < -0.4 is 0 Å². The molecule has 0 atom stereocenters. The van der Waals surface area contributed by atoms with Crippen LogP contribution >= 0.6 is 0 Å². The second-order valence-corrected chi connectivity index (χ2v) is 3.44. The smallest absolute Gasteiger partial charge is 0.341 e. The molecule has 0 aliphatic heterocycles. The Morgan fingerprint density at radius 3 is 2.82 bits per heavy atom. The molecule has 17 heavy (non-hydrogen) atoms. The summed E-state index contributed by atoms with van der Waals surface area (Å²) in [5, 5.41) is 4.13. The van der Waals surface area contributed by atoms with Gasteiger partial charge in [0.25, 0.3) is 5.78 Å². The molecular weight excluding hydrogens is 224 g/mol. The minimum Gasteiger partial charge on any atom is -0.465 e. The highest BCUT2D eigenvalue weighted by atomic mass is 16.5. The summed E-state index contributed by atoms with van der Waals surface area (Å²) in [4.78, 5) is 19.8. The lowest BCUT2D eigenvalue weighted by Crippen LogP contribution is -2.08. The van der Waals surface area contributed by atoms with Crippen LogP contribution in [0.15, 0.2) is 6.20 Å². The molecule has 0 bridgehead atoms. The maximum atomic E-state index is 11.5. The molecule has 2 heterocycles. The molecule has 0 radical (unpaired) electrons. The number of nitrogens with zero attached hydrogens (tertiary/aromatic N) is 4. The van der Waals surface area contributed by atoms with E-state index < -0.39 is 5.97 Å². The molecule has 0 aliphatic carbocycles. The topological polar surface area (TPSA) is 78.6 Å². The average molecular weight is 236 g/mol. The number of aromatic nitrogens is 4. The van der Waals surface area contributed by atoms with Crippen LogP contribution in [0.1, 0.15) is 21.9 Å². The van der Waals surface area contributed by atoms with E-state index in [1.807, 2.05) is 0 Å². The van der Waals surface area contributed by atoms with Gasteiger partial charge in [-0.05, 0) is 6.92 Å². The summed E-state index contributed by atoms with van der Waals surface area (Å²) in [6, 6.07) is 0. The summed E-state index contributed by atoms with van der Waals surface area (Å²) in [5.74, 6) is 0.504. The highest BCUT2D eigenvalue weighted by Crippen LogP contribution is 2.08. The van der Waals surface area contributed by atoms with Gasteiger partial charge in [0.1, 0.15) is 6.61 Å². The van der Waals surface area contributed by atoms with Crippen LogP contribution in [0.2, 0.25) is 0 Å². The van der Waals surface area contributed by atoms with Gasteiger partial charge < -0.3 is 9.47 Å². The Kier molecular flexibility index (Phi) is 3.01. The third kappa shape index (κ3) is 2.09. The number of methoxy groups -OCH3 is 2. The van der Waals surface area contributed by atoms with Gasteiger partial charge >= 0.3 is 5.97 Å². The van der Waals surface area contributed by atoms with E-state index in [0.29, 0.717) is 29.5 Å². The molecular formula is C10H12N4O3. The van der Waals surface area contributed by atoms with Gasteiger partial charge in [0.2, 0.25) is 0 Å². The molecule has 0 spiro atoms. The number of ether oxygens (including phenoxy) is 2. The number of rotatable bonds is 3. The molecule has 7 nitrogen and oxygen atoms in total. The average Bonchev–Trinajstić information content (AvgIpc) is 2.69. The zero-order valence-electron chi connectivity index (χ0n) is 9.80. The number of carbonyl (C=O) groups excluding carboxylic acids is 1. The summed E-state index contributed by atoms with van der Waals surface area (Å²) in [6.45, 7) is 2.02. The summed E-state index contributed by atoms with van der Waals surface area (Å²) in [6.07, 6.45) is 1.55.